The average molecular weight is 367 g/mol. The summed E-state index contributed by atoms with van der Waals surface area (Å²) in [5, 5.41) is 0. The maximum absolute atomic E-state index is 13.1. The van der Waals surface area contributed by atoms with Crippen LogP contribution in [0, 0.1) is 17.6 Å². The van der Waals surface area contributed by atoms with Gasteiger partial charge < -0.3 is 4.74 Å². The SMILES string of the molecule is C[C@H]1[C@H](Br)C[C@H](c2ccc(F)cc2)O[C@@H]1c1ccc(F)cc1. The fourth-order valence-electron chi connectivity index (χ4n) is 2.89. The Labute approximate surface area is 137 Å². The Morgan fingerprint density at radius 3 is 1.95 bits per heavy atom. The lowest BCUT2D eigenvalue weighted by molar-refractivity contribution is -0.0790. The van der Waals surface area contributed by atoms with E-state index in [1.807, 2.05) is 0 Å². The molecule has 1 nitrogen and oxygen atoms in total. The molecule has 4 atom stereocenters. The Morgan fingerprint density at radius 1 is 0.909 bits per heavy atom. The molecular formula is C18H17BrF2O. The summed E-state index contributed by atoms with van der Waals surface area (Å²) in [7, 11) is 0. The Morgan fingerprint density at radius 2 is 1.41 bits per heavy atom. The highest BCUT2D eigenvalue weighted by Crippen LogP contribution is 2.44. The lowest BCUT2D eigenvalue weighted by Crippen LogP contribution is -2.31. The highest BCUT2D eigenvalue weighted by Gasteiger charge is 2.36. The number of benzene rings is 2. The second kappa shape index (κ2) is 6.47. The summed E-state index contributed by atoms with van der Waals surface area (Å²) >= 11 is 3.73. The Bertz CT molecular complexity index is 627. The first-order valence-corrected chi connectivity index (χ1v) is 8.26. The summed E-state index contributed by atoms with van der Waals surface area (Å²) in [6.07, 6.45) is 0.606. The van der Waals surface area contributed by atoms with Gasteiger partial charge in [-0.25, -0.2) is 8.78 Å². The van der Waals surface area contributed by atoms with E-state index in [0.717, 1.165) is 17.5 Å². The molecule has 0 saturated carbocycles. The van der Waals surface area contributed by atoms with Crippen LogP contribution < -0.4 is 0 Å². The van der Waals surface area contributed by atoms with Crippen LogP contribution in [0.1, 0.15) is 36.7 Å². The molecule has 1 fully saturated rings. The van der Waals surface area contributed by atoms with Gasteiger partial charge in [-0.2, -0.15) is 0 Å². The third-order valence-electron chi connectivity index (χ3n) is 4.24. The molecule has 0 aromatic heterocycles. The van der Waals surface area contributed by atoms with Crippen LogP contribution in [0.3, 0.4) is 0 Å². The van der Waals surface area contributed by atoms with Gasteiger partial charge in [0.2, 0.25) is 0 Å². The Kier molecular flexibility index (Phi) is 4.59. The molecule has 0 spiro atoms. The van der Waals surface area contributed by atoms with Gasteiger partial charge in [0.05, 0.1) is 12.2 Å². The van der Waals surface area contributed by atoms with Crippen molar-refractivity contribution in [1.29, 1.82) is 0 Å². The molecule has 3 rings (SSSR count). The first kappa shape index (κ1) is 15.6. The number of rotatable bonds is 2. The Hall–Kier alpha value is -1.26. The van der Waals surface area contributed by atoms with E-state index in [1.165, 1.54) is 24.3 Å². The summed E-state index contributed by atoms with van der Waals surface area (Å²) in [6.45, 7) is 2.12. The van der Waals surface area contributed by atoms with E-state index in [-0.39, 0.29) is 34.6 Å². The van der Waals surface area contributed by atoms with Crippen LogP contribution in [0.4, 0.5) is 8.78 Å². The number of alkyl halides is 1. The molecule has 1 saturated heterocycles. The zero-order valence-corrected chi connectivity index (χ0v) is 13.8. The molecule has 0 aliphatic carbocycles. The van der Waals surface area contributed by atoms with Crippen LogP contribution in [-0.2, 0) is 4.74 Å². The van der Waals surface area contributed by atoms with Gasteiger partial charge in [-0.1, -0.05) is 47.1 Å². The third kappa shape index (κ3) is 3.23. The summed E-state index contributed by atoms with van der Waals surface area (Å²) in [5.74, 6) is -0.238. The van der Waals surface area contributed by atoms with Gasteiger partial charge in [0.1, 0.15) is 11.6 Å². The van der Waals surface area contributed by atoms with Crippen molar-refractivity contribution in [3.63, 3.8) is 0 Å². The van der Waals surface area contributed by atoms with E-state index in [1.54, 1.807) is 24.3 Å². The minimum atomic E-state index is -0.252. The van der Waals surface area contributed by atoms with Crippen molar-refractivity contribution < 1.29 is 13.5 Å². The predicted molar refractivity (Wildman–Crippen MR) is 85.9 cm³/mol. The van der Waals surface area contributed by atoms with Crippen LogP contribution in [0.15, 0.2) is 48.5 Å². The quantitative estimate of drug-likeness (QED) is 0.631. The molecule has 22 heavy (non-hydrogen) atoms. The maximum atomic E-state index is 13.1. The molecule has 1 aliphatic heterocycles. The van der Waals surface area contributed by atoms with Crippen LogP contribution in [-0.4, -0.2) is 4.83 Å². The summed E-state index contributed by atoms with van der Waals surface area (Å²) < 4.78 is 32.5. The molecule has 1 heterocycles. The molecule has 116 valence electrons. The van der Waals surface area contributed by atoms with Gasteiger partial charge in [-0.15, -0.1) is 0 Å². The topological polar surface area (TPSA) is 9.23 Å². The minimum absolute atomic E-state index is 0.101. The maximum Gasteiger partial charge on any atom is 0.123 e. The fourth-order valence-corrected chi connectivity index (χ4v) is 3.51. The molecule has 0 N–H and O–H groups in total. The van der Waals surface area contributed by atoms with Crippen LogP contribution in [0.5, 0.6) is 0 Å². The van der Waals surface area contributed by atoms with E-state index in [2.05, 4.69) is 22.9 Å². The largest absolute Gasteiger partial charge is 0.365 e. The lowest BCUT2D eigenvalue weighted by Gasteiger charge is -2.39. The monoisotopic (exact) mass is 366 g/mol. The van der Waals surface area contributed by atoms with Crippen LogP contribution in [0.25, 0.3) is 0 Å². The van der Waals surface area contributed by atoms with Gasteiger partial charge in [0, 0.05) is 4.83 Å². The van der Waals surface area contributed by atoms with E-state index in [0.29, 0.717) is 0 Å². The normalized spacial score (nSPS) is 28.5. The number of halogens is 3. The molecule has 2 aromatic rings. The summed E-state index contributed by atoms with van der Waals surface area (Å²) in [4.78, 5) is 0.284. The van der Waals surface area contributed by atoms with Crippen molar-refractivity contribution in [1.82, 2.24) is 0 Å². The highest BCUT2D eigenvalue weighted by molar-refractivity contribution is 9.09. The van der Waals surface area contributed by atoms with Crippen molar-refractivity contribution >= 4 is 15.9 Å². The summed E-state index contributed by atoms with van der Waals surface area (Å²) in [6, 6.07) is 12.9. The van der Waals surface area contributed by atoms with Crippen LogP contribution >= 0.6 is 15.9 Å². The third-order valence-corrected chi connectivity index (χ3v) is 5.45. The van der Waals surface area contributed by atoms with Crippen molar-refractivity contribution in [3.8, 4) is 0 Å². The molecular weight excluding hydrogens is 350 g/mol. The fraction of sp³-hybridized carbons (Fsp3) is 0.333. The zero-order chi connectivity index (χ0) is 15.7. The Balaban J connectivity index is 1.86. The molecule has 0 radical (unpaired) electrons. The number of ether oxygens (including phenoxy) is 1. The number of hydrogen-bond acceptors (Lipinski definition) is 1. The van der Waals surface area contributed by atoms with Crippen molar-refractivity contribution in [2.24, 2.45) is 5.92 Å². The second-order valence-electron chi connectivity index (χ2n) is 5.76. The molecule has 0 amide bonds. The first-order valence-electron chi connectivity index (χ1n) is 7.35. The molecule has 0 unspecified atom stereocenters. The molecule has 2 aromatic carbocycles. The van der Waals surface area contributed by atoms with Gasteiger partial charge >= 0.3 is 0 Å². The average Bonchev–Trinajstić information content (AvgIpc) is 2.52. The summed E-state index contributed by atoms with van der Waals surface area (Å²) in [5.41, 5.74) is 1.93. The minimum Gasteiger partial charge on any atom is -0.365 e. The van der Waals surface area contributed by atoms with Crippen LogP contribution in [0.2, 0.25) is 0 Å². The van der Waals surface area contributed by atoms with Gasteiger partial charge in [0.15, 0.2) is 0 Å². The first-order chi connectivity index (χ1) is 10.5. The van der Waals surface area contributed by atoms with E-state index in [4.69, 9.17) is 4.74 Å². The standard InChI is InChI=1S/C18H17BrF2O/c1-11-16(19)10-17(12-2-6-14(20)7-3-12)22-18(11)13-4-8-15(21)9-5-13/h2-9,11,16-18H,10H2,1H3/t11-,16+,17+,18-/m0/s1. The van der Waals surface area contributed by atoms with E-state index >= 15 is 0 Å². The lowest BCUT2D eigenvalue weighted by atomic mass is 9.87. The van der Waals surface area contributed by atoms with E-state index < -0.39 is 0 Å². The van der Waals surface area contributed by atoms with Gasteiger partial charge in [-0.3, -0.25) is 0 Å². The van der Waals surface area contributed by atoms with Crippen molar-refractivity contribution in [3.05, 3.63) is 71.3 Å². The van der Waals surface area contributed by atoms with Crippen molar-refractivity contribution in [2.75, 3.05) is 0 Å². The van der Waals surface area contributed by atoms with Gasteiger partial charge in [-0.05, 0) is 47.7 Å². The molecule has 0 bridgehead atoms. The van der Waals surface area contributed by atoms with E-state index in [9.17, 15) is 8.78 Å². The van der Waals surface area contributed by atoms with Gasteiger partial charge in [0.25, 0.3) is 0 Å². The molecule has 4 heteroatoms. The number of hydrogen-bond donors (Lipinski definition) is 0. The zero-order valence-electron chi connectivity index (χ0n) is 12.2. The smallest absolute Gasteiger partial charge is 0.123 e. The highest BCUT2D eigenvalue weighted by atomic mass is 79.9. The molecule has 1 aliphatic rings. The predicted octanol–water partition coefficient (Wildman–Crippen LogP) is 5.57. The second-order valence-corrected chi connectivity index (χ2v) is 6.94. The van der Waals surface area contributed by atoms with Crippen molar-refractivity contribution in [2.45, 2.75) is 30.4 Å².